The lowest BCUT2D eigenvalue weighted by molar-refractivity contribution is 0.0915. The number of benzene rings is 1. The molecule has 2 rings (SSSR count). The monoisotopic (exact) mass is 294 g/mol. The van der Waals surface area contributed by atoms with Crippen LogP contribution in [-0.2, 0) is 16.6 Å². The van der Waals surface area contributed by atoms with Crippen molar-refractivity contribution >= 4 is 16.7 Å². The topological polar surface area (TPSA) is 58.2 Å². The standard InChI is InChI=1S/C15H22N2O2S/c1-11-6-7-16-9-14(11)17-15(18)13-5-3-4-12(8-13)10-20(2)19/h3-5,8,11,14,16H,6-7,9-10H2,1-2H3,(H,17,18). The Labute approximate surface area is 122 Å². The van der Waals surface area contributed by atoms with Crippen LogP contribution in [0.15, 0.2) is 24.3 Å². The van der Waals surface area contributed by atoms with Gasteiger partial charge in [-0.3, -0.25) is 9.00 Å². The Morgan fingerprint density at radius 2 is 2.30 bits per heavy atom. The molecule has 0 aliphatic carbocycles. The number of carbonyl (C=O) groups excluding carboxylic acids is 1. The highest BCUT2D eigenvalue weighted by Crippen LogP contribution is 2.13. The van der Waals surface area contributed by atoms with E-state index in [2.05, 4.69) is 17.6 Å². The summed E-state index contributed by atoms with van der Waals surface area (Å²) in [6.07, 6.45) is 2.75. The maximum Gasteiger partial charge on any atom is 0.251 e. The van der Waals surface area contributed by atoms with Gasteiger partial charge in [0.05, 0.1) is 0 Å². The largest absolute Gasteiger partial charge is 0.348 e. The van der Waals surface area contributed by atoms with E-state index >= 15 is 0 Å². The van der Waals surface area contributed by atoms with Gasteiger partial charge in [0.2, 0.25) is 0 Å². The van der Waals surface area contributed by atoms with E-state index in [0.717, 1.165) is 25.1 Å². The minimum absolute atomic E-state index is 0.0470. The van der Waals surface area contributed by atoms with Gasteiger partial charge in [-0.05, 0) is 36.6 Å². The first kappa shape index (κ1) is 15.2. The molecule has 1 amide bonds. The molecule has 1 aliphatic heterocycles. The summed E-state index contributed by atoms with van der Waals surface area (Å²) < 4.78 is 11.3. The number of piperidine rings is 1. The molecule has 1 aromatic carbocycles. The number of rotatable bonds is 4. The van der Waals surface area contributed by atoms with Crippen LogP contribution in [0.4, 0.5) is 0 Å². The molecule has 2 N–H and O–H groups in total. The molecule has 5 heteroatoms. The van der Waals surface area contributed by atoms with Gasteiger partial charge in [0.15, 0.2) is 0 Å². The lowest BCUT2D eigenvalue weighted by atomic mass is 9.94. The Morgan fingerprint density at radius 3 is 3.00 bits per heavy atom. The molecule has 20 heavy (non-hydrogen) atoms. The second-order valence-electron chi connectivity index (χ2n) is 5.47. The van der Waals surface area contributed by atoms with Gasteiger partial charge < -0.3 is 10.6 Å². The molecule has 0 saturated carbocycles. The first-order chi connectivity index (χ1) is 9.56. The fourth-order valence-electron chi connectivity index (χ4n) is 2.47. The van der Waals surface area contributed by atoms with E-state index in [0.29, 0.717) is 17.2 Å². The molecule has 0 spiro atoms. The third-order valence-corrected chi connectivity index (χ3v) is 4.44. The van der Waals surface area contributed by atoms with E-state index in [9.17, 15) is 9.00 Å². The molecule has 4 nitrogen and oxygen atoms in total. The maximum absolute atomic E-state index is 12.3. The molecule has 1 heterocycles. The lowest BCUT2D eigenvalue weighted by Crippen LogP contribution is -2.50. The minimum Gasteiger partial charge on any atom is -0.348 e. The second-order valence-corrected chi connectivity index (χ2v) is 6.90. The molecule has 1 fully saturated rings. The van der Waals surface area contributed by atoms with E-state index in [-0.39, 0.29) is 11.9 Å². The predicted octanol–water partition coefficient (Wildman–Crippen LogP) is 1.29. The van der Waals surface area contributed by atoms with Crippen LogP contribution in [0, 0.1) is 5.92 Å². The van der Waals surface area contributed by atoms with Gasteiger partial charge in [-0.25, -0.2) is 0 Å². The second kappa shape index (κ2) is 6.99. The summed E-state index contributed by atoms with van der Waals surface area (Å²) >= 11 is 0. The first-order valence-electron chi connectivity index (χ1n) is 6.97. The zero-order valence-corrected chi connectivity index (χ0v) is 12.8. The van der Waals surface area contributed by atoms with E-state index < -0.39 is 10.8 Å². The van der Waals surface area contributed by atoms with Crippen molar-refractivity contribution in [2.45, 2.75) is 25.1 Å². The molecule has 3 atom stereocenters. The smallest absolute Gasteiger partial charge is 0.251 e. The minimum atomic E-state index is -0.892. The van der Waals surface area contributed by atoms with Crippen molar-refractivity contribution < 1.29 is 9.00 Å². The highest BCUT2D eigenvalue weighted by molar-refractivity contribution is 7.83. The van der Waals surface area contributed by atoms with Crippen molar-refractivity contribution in [3.63, 3.8) is 0 Å². The van der Waals surface area contributed by atoms with Crippen LogP contribution in [-0.4, -0.2) is 35.5 Å². The highest BCUT2D eigenvalue weighted by Gasteiger charge is 2.23. The van der Waals surface area contributed by atoms with E-state index in [1.807, 2.05) is 18.2 Å². The fourth-order valence-corrected chi connectivity index (χ4v) is 3.12. The number of carbonyl (C=O) groups is 1. The highest BCUT2D eigenvalue weighted by atomic mass is 32.2. The molecule has 1 aliphatic rings. The molecule has 1 saturated heterocycles. The van der Waals surface area contributed by atoms with Crippen LogP contribution >= 0.6 is 0 Å². The first-order valence-corrected chi connectivity index (χ1v) is 8.69. The Bertz CT molecular complexity index is 504. The van der Waals surface area contributed by atoms with Gasteiger partial charge in [0.25, 0.3) is 5.91 Å². The number of hydrogen-bond donors (Lipinski definition) is 2. The van der Waals surface area contributed by atoms with Crippen molar-refractivity contribution in [1.82, 2.24) is 10.6 Å². The molecule has 1 aromatic rings. The molecule has 110 valence electrons. The average Bonchev–Trinajstić information content (AvgIpc) is 2.41. The molecular formula is C15H22N2O2S. The Balaban J connectivity index is 2.03. The summed E-state index contributed by atoms with van der Waals surface area (Å²) in [5.41, 5.74) is 1.58. The van der Waals surface area contributed by atoms with Gasteiger partial charge >= 0.3 is 0 Å². The molecule has 0 bridgehead atoms. The normalized spacial score (nSPS) is 24.1. The molecule has 3 unspecified atom stereocenters. The van der Waals surface area contributed by atoms with Crippen molar-refractivity contribution in [2.24, 2.45) is 5.92 Å². The van der Waals surface area contributed by atoms with Gasteiger partial charge in [0.1, 0.15) is 0 Å². The Hall–Kier alpha value is -1.20. The molecule has 0 aromatic heterocycles. The number of hydrogen-bond acceptors (Lipinski definition) is 3. The van der Waals surface area contributed by atoms with Gasteiger partial charge in [-0.1, -0.05) is 19.1 Å². The van der Waals surface area contributed by atoms with E-state index in [1.54, 1.807) is 12.3 Å². The quantitative estimate of drug-likeness (QED) is 0.880. The number of nitrogens with one attached hydrogen (secondary N) is 2. The SMILES string of the molecule is CC1CCNCC1NC(=O)c1cccc(CS(C)=O)c1. The summed E-state index contributed by atoms with van der Waals surface area (Å²) in [7, 11) is -0.892. The van der Waals surface area contributed by atoms with E-state index in [4.69, 9.17) is 0 Å². The average molecular weight is 294 g/mol. The zero-order valence-electron chi connectivity index (χ0n) is 12.0. The van der Waals surface area contributed by atoms with Crippen molar-refractivity contribution in [3.05, 3.63) is 35.4 Å². The van der Waals surface area contributed by atoms with Crippen LogP contribution in [0.3, 0.4) is 0 Å². The lowest BCUT2D eigenvalue weighted by Gasteiger charge is -2.30. The van der Waals surface area contributed by atoms with Crippen LogP contribution in [0.2, 0.25) is 0 Å². The van der Waals surface area contributed by atoms with Gasteiger partial charge in [-0.2, -0.15) is 0 Å². The van der Waals surface area contributed by atoms with Gasteiger partial charge in [-0.15, -0.1) is 0 Å². The van der Waals surface area contributed by atoms with Gasteiger partial charge in [0, 0.05) is 41.0 Å². The van der Waals surface area contributed by atoms with E-state index in [1.165, 1.54) is 0 Å². The predicted molar refractivity (Wildman–Crippen MR) is 82.1 cm³/mol. The third kappa shape index (κ3) is 4.15. The summed E-state index contributed by atoms with van der Waals surface area (Å²) in [4.78, 5) is 12.3. The fraction of sp³-hybridized carbons (Fsp3) is 0.533. The summed E-state index contributed by atoms with van der Waals surface area (Å²) in [6, 6.07) is 7.57. The molecule has 0 radical (unpaired) electrons. The van der Waals surface area contributed by atoms with Crippen LogP contribution in [0.5, 0.6) is 0 Å². The van der Waals surface area contributed by atoms with Crippen LogP contribution in [0.1, 0.15) is 29.3 Å². The Morgan fingerprint density at radius 1 is 1.50 bits per heavy atom. The van der Waals surface area contributed by atoms with Crippen molar-refractivity contribution in [2.75, 3.05) is 19.3 Å². The van der Waals surface area contributed by atoms with Crippen LogP contribution in [0.25, 0.3) is 0 Å². The summed E-state index contributed by atoms with van der Waals surface area (Å²) in [5, 5.41) is 6.39. The Kier molecular flexibility index (Phi) is 5.31. The maximum atomic E-state index is 12.3. The molecular weight excluding hydrogens is 272 g/mol. The van der Waals surface area contributed by atoms with Crippen molar-refractivity contribution in [1.29, 1.82) is 0 Å². The van der Waals surface area contributed by atoms with Crippen LogP contribution < -0.4 is 10.6 Å². The van der Waals surface area contributed by atoms with Crippen molar-refractivity contribution in [3.8, 4) is 0 Å². The summed E-state index contributed by atoms with van der Waals surface area (Å²) in [6.45, 7) is 4.01. The number of amides is 1. The summed E-state index contributed by atoms with van der Waals surface area (Å²) in [5.74, 6) is 0.934. The third-order valence-electron chi connectivity index (χ3n) is 3.70. The zero-order chi connectivity index (χ0) is 14.5.